The number of carbonyl (C=O) groups is 3. The third kappa shape index (κ3) is 5.13. The van der Waals surface area contributed by atoms with Gasteiger partial charge in [0, 0.05) is 62.9 Å². The molecule has 0 aromatic heterocycles. The molecule has 200 valence electrons. The van der Waals surface area contributed by atoms with Crippen molar-refractivity contribution in [2.45, 2.75) is 19.3 Å². The fourth-order valence-corrected chi connectivity index (χ4v) is 5.26. The summed E-state index contributed by atoms with van der Waals surface area (Å²) >= 11 is 0. The lowest BCUT2D eigenvalue weighted by atomic mass is 10.1. The second-order valence-corrected chi connectivity index (χ2v) is 10.2. The van der Waals surface area contributed by atoms with Crippen LogP contribution in [0.25, 0.3) is 0 Å². The maximum absolute atomic E-state index is 13.4. The van der Waals surface area contributed by atoms with E-state index in [-0.39, 0.29) is 30.4 Å². The molecule has 10 nitrogen and oxygen atoms in total. The topological polar surface area (TPSA) is 103 Å². The van der Waals surface area contributed by atoms with E-state index in [9.17, 15) is 14.4 Å². The molecular weight excluding hydrogens is 486 g/mol. The van der Waals surface area contributed by atoms with Gasteiger partial charge in [0.15, 0.2) is 11.5 Å². The number of piperazine rings is 1. The molecule has 2 saturated heterocycles. The first kappa shape index (κ1) is 24.5. The Morgan fingerprint density at radius 3 is 2.42 bits per heavy atom. The van der Waals surface area contributed by atoms with Gasteiger partial charge in [0.25, 0.3) is 11.8 Å². The molecule has 1 aliphatic carbocycles. The van der Waals surface area contributed by atoms with E-state index in [2.05, 4.69) is 15.5 Å². The highest BCUT2D eigenvalue weighted by molar-refractivity contribution is 6.07. The molecule has 2 aromatic rings. The zero-order chi connectivity index (χ0) is 26.1. The molecule has 3 aliphatic heterocycles. The average molecular weight is 520 g/mol. The number of nitrogens with zero attached hydrogens (tertiary/aromatic N) is 3. The first-order valence-corrected chi connectivity index (χ1v) is 13.5. The minimum atomic E-state index is -0.296. The van der Waals surface area contributed by atoms with Gasteiger partial charge in [-0.15, -0.1) is 0 Å². The summed E-state index contributed by atoms with van der Waals surface area (Å²) in [5.74, 6) is 1.27. The Labute approximate surface area is 221 Å². The van der Waals surface area contributed by atoms with Crippen LogP contribution >= 0.6 is 0 Å². The normalized spacial score (nSPS) is 19.2. The molecule has 3 fully saturated rings. The molecule has 10 heteroatoms. The number of hydrogen-bond acceptors (Lipinski definition) is 7. The molecule has 3 amide bonds. The SMILES string of the molecule is O=C(Nc1cc(C(=O)N2CCCNCC2)ccc1N1CCN(C(=O)C2CC2)CC1)c1ccc2c(c1)OCO2. The van der Waals surface area contributed by atoms with E-state index in [4.69, 9.17) is 9.47 Å². The van der Waals surface area contributed by atoms with E-state index in [1.165, 1.54) is 0 Å². The molecule has 38 heavy (non-hydrogen) atoms. The first-order chi connectivity index (χ1) is 18.6. The lowest BCUT2D eigenvalue weighted by Crippen LogP contribution is -2.49. The number of rotatable bonds is 5. The van der Waals surface area contributed by atoms with Gasteiger partial charge in [0.2, 0.25) is 12.7 Å². The summed E-state index contributed by atoms with van der Waals surface area (Å²) in [6.45, 7) is 5.76. The molecule has 0 radical (unpaired) electrons. The van der Waals surface area contributed by atoms with Gasteiger partial charge in [-0.05, 0) is 62.2 Å². The van der Waals surface area contributed by atoms with Crippen molar-refractivity contribution in [3.63, 3.8) is 0 Å². The summed E-state index contributed by atoms with van der Waals surface area (Å²) in [6.07, 6.45) is 2.90. The molecular formula is C28H33N5O5. The van der Waals surface area contributed by atoms with Gasteiger partial charge in [0.1, 0.15) is 0 Å². The highest BCUT2D eigenvalue weighted by Gasteiger charge is 2.35. The van der Waals surface area contributed by atoms with Crippen molar-refractivity contribution in [1.29, 1.82) is 0 Å². The Hall–Kier alpha value is -3.79. The van der Waals surface area contributed by atoms with E-state index in [1.54, 1.807) is 24.3 Å². The van der Waals surface area contributed by atoms with Gasteiger partial charge < -0.3 is 34.8 Å². The van der Waals surface area contributed by atoms with E-state index < -0.39 is 0 Å². The summed E-state index contributed by atoms with van der Waals surface area (Å²) in [5, 5.41) is 6.37. The molecule has 6 rings (SSSR count). The summed E-state index contributed by atoms with van der Waals surface area (Å²) in [7, 11) is 0. The lowest BCUT2D eigenvalue weighted by Gasteiger charge is -2.37. The molecule has 0 atom stereocenters. The van der Waals surface area contributed by atoms with Crippen molar-refractivity contribution in [3.8, 4) is 11.5 Å². The highest BCUT2D eigenvalue weighted by Crippen LogP contribution is 2.35. The summed E-state index contributed by atoms with van der Waals surface area (Å²) in [4.78, 5) is 45.2. The predicted molar refractivity (Wildman–Crippen MR) is 142 cm³/mol. The molecule has 0 spiro atoms. The summed E-state index contributed by atoms with van der Waals surface area (Å²) in [5.41, 5.74) is 2.40. The maximum atomic E-state index is 13.4. The molecule has 4 aliphatic rings. The van der Waals surface area contributed by atoms with Crippen LogP contribution in [0.3, 0.4) is 0 Å². The second kappa shape index (κ2) is 10.5. The number of ether oxygens (including phenoxy) is 2. The average Bonchev–Trinajstić information content (AvgIpc) is 3.74. The Bertz CT molecular complexity index is 1230. The standard InChI is InChI=1S/C28H33N5O5/c34-26(20-5-7-24-25(17-20)38-18-37-24)30-22-16-21(28(36)32-10-1-8-29-9-11-32)4-6-23(22)31-12-14-33(15-13-31)27(35)19-2-3-19/h4-7,16-17,19,29H,1-3,8-15,18H2,(H,30,34). The van der Waals surface area contributed by atoms with Gasteiger partial charge in [-0.25, -0.2) is 0 Å². The van der Waals surface area contributed by atoms with Crippen molar-refractivity contribution >= 4 is 29.1 Å². The Morgan fingerprint density at radius 1 is 0.816 bits per heavy atom. The maximum Gasteiger partial charge on any atom is 0.255 e. The van der Waals surface area contributed by atoms with E-state index in [1.807, 2.05) is 21.9 Å². The number of fused-ring (bicyclic) bond motifs is 1. The number of nitrogens with one attached hydrogen (secondary N) is 2. The minimum Gasteiger partial charge on any atom is -0.454 e. The van der Waals surface area contributed by atoms with Gasteiger partial charge in [-0.1, -0.05) is 0 Å². The largest absolute Gasteiger partial charge is 0.454 e. The third-order valence-corrected chi connectivity index (χ3v) is 7.61. The molecule has 0 bridgehead atoms. The van der Waals surface area contributed by atoms with Crippen LogP contribution in [0.15, 0.2) is 36.4 Å². The number of amides is 3. The predicted octanol–water partition coefficient (Wildman–Crippen LogP) is 2.16. The van der Waals surface area contributed by atoms with Crippen LogP contribution in [0.4, 0.5) is 11.4 Å². The van der Waals surface area contributed by atoms with E-state index in [0.717, 1.165) is 38.0 Å². The van der Waals surface area contributed by atoms with Gasteiger partial charge in [-0.3, -0.25) is 14.4 Å². The van der Waals surface area contributed by atoms with Crippen LogP contribution < -0.4 is 25.0 Å². The Balaban J connectivity index is 1.25. The monoisotopic (exact) mass is 519 g/mol. The second-order valence-electron chi connectivity index (χ2n) is 10.2. The number of hydrogen-bond donors (Lipinski definition) is 2. The number of carbonyl (C=O) groups excluding carboxylic acids is 3. The molecule has 1 saturated carbocycles. The van der Waals surface area contributed by atoms with Crippen LogP contribution in [0.2, 0.25) is 0 Å². The van der Waals surface area contributed by atoms with Gasteiger partial charge >= 0.3 is 0 Å². The van der Waals surface area contributed by atoms with E-state index in [0.29, 0.717) is 67.6 Å². The van der Waals surface area contributed by atoms with Crippen LogP contribution in [0, 0.1) is 5.92 Å². The van der Waals surface area contributed by atoms with Crippen LogP contribution in [-0.2, 0) is 4.79 Å². The molecule has 3 heterocycles. The van der Waals surface area contributed by atoms with Gasteiger partial charge in [-0.2, -0.15) is 0 Å². The quantitative estimate of drug-likeness (QED) is 0.624. The molecule has 0 unspecified atom stereocenters. The van der Waals surface area contributed by atoms with E-state index >= 15 is 0 Å². The number of benzene rings is 2. The Morgan fingerprint density at radius 2 is 1.61 bits per heavy atom. The van der Waals surface area contributed by atoms with Crippen molar-refractivity contribution in [2.75, 3.05) is 69.4 Å². The number of anilines is 2. The third-order valence-electron chi connectivity index (χ3n) is 7.61. The fraction of sp³-hybridized carbons (Fsp3) is 0.464. The zero-order valence-electron chi connectivity index (χ0n) is 21.4. The molecule has 2 aromatic carbocycles. The summed E-state index contributed by atoms with van der Waals surface area (Å²) < 4.78 is 10.8. The molecule has 2 N–H and O–H groups in total. The Kier molecular flexibility index (Phi) is 6.80. The van der Waals surface area contributed by atoms with Crippen molar-refractivity contribution in [1.82, 2.24) is 15.1 Å². The smallest absolute Gasteiger partial charge is 0.255 e. The van der Waals surface area contributed by atoms with Crippen molar-refractivity contribution in [2.24, 2.45) is 5.92 Å². The van der Waals surface area contributed by atoms with Crippen LogP contribution in [0.5, 0.6) is 11.5 Å². The lowest BCUT2D eigenvalue weighted by molar-refractivity contribution is -0.132. The van der Waals surface area contributed by atoms with Crippen molar-refractivity contribution < 1.29 is 23.9 Å². The fourth-order valence-electron chi connectivity index (χ4n) is 5.26. The summed E-state index contributed by atoms with van der Waals surface area (Å²) in [6, 6.07) is 10.6. The van der Waals surface area contributed by atoms with Crippen LogP contribution in [0.1, 0.15) is 40.0 Å². The van der Waals surface area contributed by atoms with Gasteiger partial charge in [0.05, 0.1) is 11.4 Å². The highest BCUT2D eigenvalue weighted by atomic mass is 16.7. The van der Waals surface area contributed by atoms with Crippen LogP contribution in [-0.4, -0.2) is 86.7 Å². The van der Waals surface area contributed by atoms with Crippen molar-refractivity contribution in [3.05, 3.63) is 47.5 Å². The minimum absolute atomic E-state index is 0.0429. The zero-order valence-corrected chi connectivity index (χ0v) is 21.4. The first-order valence-electron chi connectivity index (χ1n) is 13.5.